The van der Waals surface area contributed by atoms with Crippen LogP contribution in [0.4, 0.5) is 0 Å². The van der Waals surface area contributed by atoms with Gasteiger partial charge in [-0.25, -0.2) is 4.79 Å². The van der Waals surface area contributed by atoms with Crippen LogP contribution in [0.5, 0.6) is 5.75 Å². The fourth-order valence-corrected chi connectivity index (χ4v) is 2.34. The number of amides is 1. The first-order chi connectivity index (χ1) is 12.5. The lowest BCUT2D eigenvalue weighted by molar-refractivity contribution is -0.145. The summed E-state index contributed by atoms with van der Waals surface area (Å²) in [5.41, 5.74) is 7.50. The molecule has 0 fully saturated rings. The Bertz CT molecular complexity index is 714. The van der Waals surface area contributed by atoms with Gasteiger partial charge in [0.1, 0.15) is 18.4 Å². The number of carbonyl (C=O) groups is 2. The summed E-state index contributed by atoms with van der Waals surface area (Å²) in [6, 6.07) is 15.8. The molecule has 1 amide bonds. The minimum atomic E-state index is -0.783. The summed E-state index contributed by atoms with van der Waals surface area (Å²) < 4.78 is 10.5. The fourth-order valence-electron chi connectivity index (χ4n) is 2.34. The summed E-state index contributed by atoms with van der Waals surface area (Å²) >= 11 is 0. The molecule has 2 atom stereocenters. The molecule has 0 aliphatic heterocycles. The Balaban J connectivity index is 1.96. The molecule has 0 spiro atoms. The molecule has 0 aromatic heterocycles. The van der Waals surface area contributed by atoms with Crippen molar-refractivity contribution in [1.29, 1.82) is 0 Å². The monoisotopic (exact) mass is 356 g/mol. The van der Waals surface area contributed by atoms with E-state index in [0.29, 0.717) is 13.0 Å². The van der Waals surface area contributed by atoms with E-state index in [9.17, 15) is 9.59 Å². The predicted molar refractivity (Wildman–Crippen MR) is 98.5 cm³/mol. The molecule has 0 saturated heterocycles. The van der Waals surface area contributed by atoms with Crippen molar-refractivity contribution < 1.29 is 19.1 Å². The molecule has 0 aliphatic carbocycles. The maximum Gasteiger partial charge on any atom is 0.328 e. The van der Waals surface area contributed by atoms with Crippen LogP contribution in [-0.4, -0.2) is 31.1 Å². The van der Waals surface area contributed by atoms with Gasteiger partial charge in [0.2, 0.25) is 5.91 Å². The molecule has 26 heavy (non-hydrogen) atoms. The van der Waals surface area contributed by atoms with Gasteiger partial charge in [-0.2, -0.15) is 0 Å². The number of methoxy groups -OCH3 is 1. The van der Waals surface area contributed by atoms with Gasteiger partial charge in [0.05, 0.1) is 13.2 Å². The fraction of sp³-hybridized carbons (Fsp3) is 0.300. The molecule has 6 heteroatoms. The molecule has 0 heterocycles. The van der Waals surface area contributed by atoms with E-state index in [1.807, 2.05) is 54.6 Å². The standard InChI is InChI=1S/C20H24N2O4/c1-14(21)19(23)22-18(20(24)25-2)12-15-8-10-17(11-9-15)26-13-16-6-4-3-5-7-16/h3-11,14,18H,12-13,21H2,1-2H3,(H,22,23)/t14-,18-/m0/s1. The van der Waals surface area contributed by atoms with Gasteiger partial charge in [0, 0.05) is 6.42 Å². The Morgan fingerprint density at radius 1 is 1.04 bits per heavy atom. The van der Waals surface area contributed by atoms with Gasteiger partial charge in [-0.15, -0.1) is 0 Å². The van der Waals surface area contributed by atoms with Crippen molar-refractivity contribution in [1.82, 2.24) is 5.32 Å². The third-order valence-electron chi connectivity index (χ3n) is 3.83. The number of ether oxygens (including phenoxy) is 2. The summed E-state index contributed by atoms with van der Waals surface area (Å²) in [6.45, 7) is 2.04. The molecule has 0 bridgehead atoms. The molecule has 0 unspecified atom stereocenters. The van der Waals surface area contributed by atoms with Crippen LogP contribution in [0.1, 0.15) is 18.1 Å². The molecule has 6 nitrogen and oxygen atoms in total. The molecule has 2 aromatic rings. The van der Waals surface area contributed by atoms with E-state index < -0.39 is 24.0 Å². The quantitative estimate of drug-likeness (QED) is 0.704. The SMILES string of the molecule is COC(=O)[C@H](Cc1ccc(OCc2ccccc2)cc1)NC(=O)[C@H](C)N. The summed E-state index contributed by atoms with van der Waals surface area (Å²) in [5, 5.41) is 2.61. The van der Waals surface area contributed by atoms with Crippen LogP contribution < -0.4 is 15.8 Å². The third kappa shape index (κ3) is 5.89. The van der Waals surface area contributed by atoms with E-state index >= 15 is 0 Å². The summed E-state index contributed by atoms with van der Waals surface area (Å²) in [7, 11) is 1.29. The predicted octanol–water partition coefficient (Wildman–Crippen LogP) is 1.81. The highest BCUT2D eigenvalue weighted by molar-refractivity contribution is 5.87. The molecular weight excluding hydrogens is 332 g/mol. The van der Waals surface area contributed by atoms with Crippen molar-refractivity contribution in [3.63, 3.8) is 0 Å². The van der Waals surface area contributed by atoms with Crippen LogP contribution in [-0.2, 0) is 27.4 Å². The molecular formula is C20H24N2O4. The minimum Gasteiger partial charge on any atom is -0.489 e. The Morgan fingerprint density at radius 3 is 2.27 bits per heavy atom. The largest absolute Gasteiger partial charge is 0.489 e. The molecule has 2 rings (SSSR count). The molecule has 2 aromatic carbocycles. The number of nitrogens with one attached hydrogen (secondary N) is 1. The number of esters is 1. The molecule has 0 saturated carbocycles. The van der Waals surface area contributed by atoms with Gasteiger partial charge in [0.25, 0.3) is 0 Å². The van der Waals surface area contributed by atoms with Crippen LogP contribution in [0.3, 0.4) is 0 Å². The van der Waals surface area contributed by atoms with Crippen molar-refractivity contribution in [2.45, 2.75) is 32.0 Å². The second-order valence-electron chi connectivity index (χ2n) is 6.00. The highest BCUT2D eigenvalue weighted by Crippen LogP contribution is 2.15. The molecule has 3 N–H and O–H groups in total. The average Bonchev–Trinajstić information content (AvgIpc) is 2.66. The lowest BCUT2D eigenvalue weighted by Crippen LogP contribution is -2.48. The molecule has 0 radical (unpaired) electrons. The highest BCUT2D eigenvalue weighted by Gasteiger charge is 2.23. The Morgan fingerprint density at radius 2 is 1.69 bits per heavy atom. The van der Waals surface area contributed by atoms with Crippen molar-refractivity contribution in [3.8, 4) is 5.75 Å². The summed E-state index contributed by atoms with van der Waals surface area (Å²) in [6.07, 6.45) is 0.310. The normalized spacial score (nSPS) is 12.7. The van der Waals surface area contributed by atoms with E-state index in [1.165, 1.54) is 7.11 Å². The van der Waals surface area contributed by atoms with E-state index in [4.69, 9.17) is 15.2 Å². The smallest absolute Gasteiger partial charge is 0.328 e. The number of hydrogen-bond donors (Lipinski definition) is 2. The van der Waals surface area contributed by atoms with Gasteiger partial charge in [-0.3, -0.25) is 4.79 Å². The second kappa shape index (κ2) is 9.58. The van der Waals surface area contributed by atoms with E-state index in [1.54, 1.807) is 6.92 Å². The van der Waals surface area contributed by atoms with Crippen LogP contribution in [0.25, 0.3) is 0 Å². The van der Waals surface area contributed by atoms with Crippen molar-refractivity contribution in [2.75, 3.05) is 7.11 Å². The Kier molecular flexibility index (Phi) is 7.17. The first kappa shape index (κ1) is 19.5. The zero-order valence-electron chi connectivity index (χ0n) is 15.0. The van der Waals surface area contributed by atoms with E-state index in [2.05, 4.69) is 5.32 Å². The Hall–Kier alpha value is -2.86. The number of benzene rings is 2. The van der Waals surface area contributed by atoms with Crippen molar-refractivity contribution in [3.05, 3.63) is 65.7 Å². The highest BCUT2D eigenvalue weighted by atomic mass is 16.5. The topological polar surface area (TPSA) is 90.6 Å². The zero-order chi connectivity index (χ0) is 18.9. The van der Waals surface area contributed by atoms with E-state index in [0.717, 1.165) is 16.9 Å². The van der Waals surface area contributed by atoms with Crippen LogP contribution in [0.15, 0.2) is 54.6 Å². The zero-order valence-corrected chi connectivity index (χ0v) is 15.0. The average molecular weight is 356 g/mol. The first-order valence-corrected chi connectivity index (χ1v) is 8.39. The van der Waals surface area contributed by atoms with Crippen LogP contribution >= 0.6 is 0 Å². The van der Waals surface area contributed by atoms with E-state index in [-0.39, 0.29) is 0 Å². The molecule has 0 aliphatic rings. The van der Waals surface area contributed by atoms with Gasteiger partial charge < -0.3 is 20.5 Å². The van der Waals surface area contributed by atoms with Gasteiger partial charge in [-0.1, -0.05) is 42.5 Å². The summed E-state index contributed by atoms with van der Waals surface area (Å²) in [4.78, 5) is 23.7. The van der Waals surface area contributed by atoms with Crippen molar-refractivity contribution >= 4 is 11.9 Å². The number of hydrogen-bond acceptors (Lipinski definition) is 5. The Labute approximate surface area is 153 Å². The van der Waals surface area contributed by atoms with Crippen LogP contribution in [0.2, 0.25) is 0 Å². The third-order valence-corrected chi connectivity index (χ3v) is 3.83. The number of nitrogens with two attached hydrogens (primary N) is 1. The molecule has 138 valence electrons. The minimum absolute atomic E-state index is 0.310. The van der Waals surface area contributed by atoms with Crippen LogP contribution in [0, 0.1) is 0 Å². The van der Waals surface area contributed by atoms with Gasteiger partial charge >= 0.3 is 5.97 Å². The lowest BCUT2D eigenvalue weighted by atomic mass is 10.1. The second-order valence-corrected chi connectivity index (χ2v) is 6.00. The van der Waals surface area contributed by atoms with Crippen molar-refractivity contribution in [2.24, 2.45) is 5.73 Å². The number of carbonyl (C=O) groups excluding carboxylic acids is 2. The maximum atomic E-state index is 11.9. The maximum absolute atomic E-state index is 11.9. The lowest BCUT2D eigenvalue weighted by Gasteiger charge is -2.18. The van der Waals surface area contributed by atoms with Gasteiger partial charge in [0.15, 0.2) is 0 Å². The first-order valence-electron chi connectivity index (χ1n) is 8.39. The summed E-state index contributed by atoms with van der Waals surface area (Å²) in [5.74, 6) is -0.182. The van der Waals surface area contributed by atoms with Gasteiger partial charge in [-0.05, 0) is 30.2 Å². The number of rotatable bonds is 8.